The third kappa shape index (κ3) is 7.19. The van der Waals surface area contributed by atoms with E-state index in [9.17, 15) is 23.3 Å². The van der Waals surface area contributed by atoms with E-state index in [0.717, 1.165) is 11.1 Å². The molecule has 0 unspecified atom stereocenters. The second-order valence-corrected chi connectivity index (χ2v) is 9.67. The molecule has 0 heterocycles. The number of non-ortho nitro benzene ring substituents is 1. The number of hydrogen-bond donors (Lipinski definition) is 3. The van der Waals surface area contributed by atoms with Gasteiger partial charge in [0.1, 0.15) is 0 Å². The number of nitrogens with zero attached hydrogens (tertiary/aromatic N) is 1. The Labute approximate surface area is 208 Å². The van der Waals surface area contributed by atoms with Crippen LogP contribution in [-0.4, -0.2) is 24.4 Å². The summed E-state index contributed by atoms with van der Waals surface area (Å²) in [6.07, 6.45) is 2.62. The van der Waals surface area contributed by atoms with Crippen LogP contribution in [0.4, 0.5) is 17.1 Å². The highest BCUT2D eigenvalue weighted by atomic mass is 32.2. The highest BCUT2D eigenvalue weighted by Crippen LogP contribution is 2.22. The van der Waals surface area contributed by atoms with Crippen LogP contribution in [0.3, 0.4) is 0 Å². The number of carbonyl (C=O) groups excluding carboxylic acids is 1. The van der Waals surface area contributed by atoms with Crippen LogP contribution >= 0.6 is 12.2 Å². The summed E-state index contributed by atoms with van der Waals surface area (Å²) in [5.74, 6) is -0.536. The maximum atomic E-state index is 12.7. The van der Waals surface area contributed by atoms with Crippen molar-refractivity contribution in [2.24, 2.45) is 0 Å². The summed E-state index contributed by atoms with van der Waals surface area (Å²) in [4.78, 5) is 22.5. The van der Waals surface area contributed by atoms with Crippen molar-refractivity contribution in [3.05, 3.63) is 99.6 Å². The molecule has 0 aliphatic heterocycles. The molecule has 35 heavy (non-hydrogen) atoms. The minimum atomic E-state index is -3.79. The predicted molar refractivity (Wildman–Crippen MR) is 140 cm³/mol. The van der Waals surface area contributed by atoms with Crippen molar-refractivity contribution >= 4 is 56.4 Å². The second kappa shape index (κ2) is 10.9. The lowest BCUT2D eigenvalue weighted by atomic mass is 10.1. The maximum Gasteiger partial charge on any atom is 0.270 e. The Hall–Kier alpha value is -4.09. The van der Waals surface area contributed by atoms with Crippen LogP contribution in [0, 0.1) is 24.0 Å². The number of sulfonamides is 1. The molecule has 180 valence electrons. The first kappa shape index (κ1) is 25.5. The molecule has 0 spiro atoms. The summed E-state index contributed by atoms with van der Waals surface area (Å²) < 4.78 is 28.0. The lowest BCUT2D eigenvalue weighted by Gasteiger charge is -2.12. The van der Waals surface area contributed by atoms with E-state index < -0.39 is 20.9 Å². The first-order valence-corrected chi connectivity index (χ1v) is 12.2. The molecule has 3 rings (SSSR count). The van der Waals surface area contributed by atoms with Gasteiger partial charge in [-0.1, -0.05) is 29.8 Å². The van der Waals surface area contributed by atoms with E-state index in [4.69, 9.17) is 12.2 Å². The molecule has 0 fully saturated rings. The monoisotopic (exact) mass is 510 g/mol. The van der Waals surface area contributed by atoms with Crippen molar-refractivity contribution in [3.63, 3.8) is 0 Å². The van der Waals surface area contributed by atoms with Crippen molar-refractivity contribution in [1.82, 2.24) is 5.32 Å². The Morgan fingerprint density at radius 1 is 1.03 bits per heavy atom. The fourth-order valence-electron chi connectivity index (χ4n) is 3.08. The predicted octanol–water partition coefficient (Wildman–Crippen LogP) is 4.54. The first-order valence-electron chi connectivity index (χ1n) is 10.3. The van der Waals surface area contributed by atoms with E-state index in [1.165, 1.54) is 54.6 Å². The Bertz CT molecular complexity index is 1420. The average Bonchev–Trinajstić information content (AvgIpc) is 2.80. The van der Waals surface area contributed by atoms with E-state index in [0.29, 0.717) is 16.9 Å². The number of thiocarbonyl (C=S) groups is 1. The summed E-state index contributed by atoms with van der Waals surface area (Å²) in [7, 11) is -3.79. The van der Waals surface area contributed by atoms with Gasteiger partial charge >= 0.3 is 0 Å². The molecule has 0 aliphatic carbocycles. The van der Waals surface area contributed by atoms with E-state index in [1.54, 1.807) is 12.1 Å². The van der Waals surface area contributed by atoms with Crippen LogP contribution in [0.15, 0.2) is 77.7 Å². The molecule has 0 bridgehead atoms. The van der Waals surface area contributed by atoms with Gasteiger partial charge in [-0.15, -0.1) is 0 Å². The summed E-state index contributed by atoms with van der Waals surface area (Å²) >= 11 is 5.12. The smallest absolute Gasteiger partial charge is 0.270 e. The first-order chi connectivity index (χ1) is 16.5. The van der Waals surface area contributed by atoms with E-state index in [1.807, 2.05) is 26.0 Å². The van der Waals surface area contributed by atoms with Gasteiger partial charge in [0.25, 0.3) is 15.7 Å². The number of carbonyl (C=O) groups is 1. The zero-order valence-electron chi connectivity index (χ0n) is 18.8. The van der Waals surface area contributed by atoms with Gasteiger partial charge in [-0.2, -0.15) is 0 Å². The van der Waals surface area contributed by atoms with Gasteiger partial charge in [0.2, 0.25) is 5.91 Å². The molecule has 0 aliphatic rings. The van der Waals surface area contributed by atoms with Crippen molar-refractivity contribution in [2.45, 2.75) is 18.7 Å². The highest BCUT2D eigenvalue weighted by molar-refractivity contribution is 7.92. The van der Waals surface area contributed by atoms with Gasteiger partial charge in [-0.3, -0.25) is 24.9 Å². The largest absolute Gasteiger partial charge is 0.332 e. The zero-order valence-corrected chi connectivity index (χ0v) is 20.4. The number of nitro benzene ring substituents is 1. The fourth-order valence-corrected chi connectivity index (χ4v) is 4.43. The number of nitro groups is 1. The van der Waals surface area contributed by atoms with Crippen LogP contribution in [0.2, 0.25) is 0 Å². The van der Waals surface area contributed by atoms with Crippen LogP contribution < -0.4 is 15.4 Å². The van der Waals surface area contributed by atoms with Gasteiger partial charge in [0.05, 0.1) is 15.5 Å². The number of amides is 1. The van der Waals surface area contributed by atoms with Gasteiger partial charge in [0.15, 0.2) is 5.11 Å². The molecule has 9 nitrogen and oxygen atoms in total. The molecule has 3 aromatic carbocycles. The molecule has 11 heteroatoms. The second-order valence-electron chi connectivity index (χ2n) is 7.58. The molecule has 0 radical (unpaired) electrons. The summed E-state index contributed by atoms with van der Waals surface area (Å²) in [5.41, 5.74) is 3.22. The summed E-state index contributed by atoms with van der Waals surface area (Å²) in [6, 6.07) is 17.1. The number of hydrogen-bond acceptors (Lipinski definition) is 6. The number of anilines is 2. The van der Waals surface area contributed by atoms with Crippen LogP contribution in [-0.2, 0) is 14.8 Å². The molecule has 3 aromatic rings. The van der Waals surface area contributed by atoms with Crippen molar-refractivity contribution in [1.29, 1.82) is 0 Å². The minimum absolute atomic E-state index is 0.00250. The SMILES string of the molecule is Cc1ccc(NS(=O)(=O)c2ccc(NC(=S)NC(=O)/C=C/c3cccc([N+](=O)[O-])c3)cc2)c(C)c1. The quantitative estimate of drug-likeness (QED) is 0.184. The molecule has 0 saturated carbocycles. The minimum Gasteiger partial charge on any atom is -0.332 e. The molecule has 1 amide bonds. The Morgan fingerprint density at radius 2 is 1.74 bits per heavy atom. The van der Waals surface area contributed by atoms with E-state index in [-0.39, 0.29) is 15.7 Å². The molecule has 0 aromatic heterocycles. The molecular formula is C24H22N4O5S2. The average molecular weight is 511 g/mol. The number of rotatable bonds is 7. The number of nitrogens with one attached hydrogen (secondary N) is 3. The number of benzene rings is 3. The highest BCUT2D eigenvalue weighted by Gasteiger charge is 2.15. The summed E-state index contributed by atoms with van der Waals surface area (Å²) in [6.45, 7) is 3.75. The van der Waals surface area contributed by atoms with Gasteiger partial charge in [-0.05, 0) is 73.6 Å². The molecule has 0 atom stereocenters. The van der Waals surface area contributed by atoms with Crippen LogP contribution in [0.1, 0.15) is 16.7 Å². The Morgan fingerprint density at radius 3 is 2.40 bits per heavy atom. The number of aryl methyl sites for hydroxylation is 2. The van der Waals surface area contributed by atoms with Crippen molar-refractivity contribution in [3.8, 4) is 0 Å². The van der Waals surface area contributed by atoms with E-state index in [2.05, 4.69) is 15.4 Å². The third-order valence-electron chi connectivity index (χ3n) is 4.79. The molecular weight excluding hydrogens is 488 g/mol. The fraction of sp³-hybridized carbons (Fsp3) is 0.0833. The van der Waals surface area contributed by atoms with Crippen LogP contribution in [0.25, 0.3) is 6.08 Å². The van der Waals surface area contributed by atoms with Gasteiger partial charge in [0, 0.05) is 23.9 Å². The maximum absolute atomic E-state index is 12.7. The molecule has 3 N–H and O–H groups in total. The normalized spacial score (nSPS) is 11.1. The van der Waals surface area contributed by atoms with Crippen molar-refractivity contribution < 1.29 is 18.1 Å². The lowest BCUT2D eigenvalue weighted by molar-refractivity contribution is -0.384. The standard InChI is InChI=1S/C24H22N4O5S2/c1-16-6-12-22(17(2)14-16)27-35(32,33)21-10-8-19(9-11-21)25-24(34)26-23(29)13-7-18-4-3-5-20(15-18)28(30)31/h3-15,27H,1-2H3,(H2,25,26,29,34)/b13-7+. The molecule has 0 saturated heterocycles. The topological polar surface area (TPSA) is 130 Å². The Kier molecular flexibility index (Phi) is 7.94. The summed E-state index contributed by atoms with van der Waals surface area (Å²) in [5, 5.41) is 16.1. The Balaban J connectivity index is 1.58. The van der Waals surface area contributed by atoms with Gasteiger partial charge in [-0.25, -0.2) is 8.42 Å². The third-order valence-corrected chi connectivity index (χ3v) is 6.38. The van der Waals surface area contributed by atoms with Crippen molar-refractivity contribution in [2.75, 3.05) is 10.0 Å². The lowest BCUT2D eigenvalue weighted by Crippen LogP contribution is -2.32. The zero-order chi connectivity index (χ0) is 25.6. The van der Waals surface area contributed by atoms with Crippen LogP contribution in [0.5, 0.6) is 0 Å². The van der Waals surface area contributed by atoms with E-state index >= 15 is 0 Å². The van der Waals surface area contributed by atoms with Gasteiger partial charge < -0.3 is 5.32 Å².